The number of amides is 1. The monoisotopic (exact) mass is 439 g/mol. The summed E-state index contributed by atoms with van der Waals surface area (Å²) in [6.45, 7) is 1.78. The molecule has 0 aromatic carbocycles. The predicted molar refractivity (Wildman–Crippen MR) is 105 cm³/mol. The highest BCUT2D eigenvalue weighted by atomic mass is 16.8. The van der Waals surface area contributed by atoms with Crippen molar-refractivity contribution in [1.82, 2.24) is 25.9 Å². The molecule has 3 aliphatic rings. The third kappa shape index (κ3) is 3.83. The number of aliphatic hydroxyl groups excluding tert-OH is 2. The number of nitrogens with zero attached hydrogens (tertiary/aromatic N) is 2. The van der Waals surface area contributed by atoms with Gasteiger partial charge in [0.25, 0.3) is 5.91 Å². The molecule has 12 heteroatoms. The van der Waals surface area contributed by atoms with Crippen molar-refractivity contribution in [3.8, 4) is 0 Å². The molecule has 2 saturated heterocycles. The summed E-state index contributed by atoms with van der Waals surface area (Å²) in [5, 5.41) is 41.6. The van der Waals surface area contributed by atoms with Crippen molar-refractivity contribution < 1.29 is 34.3 Å². The SMILES string of the molecule is CNC1C2O[C@]3(O)C(OC2[C@@H](O)[C@H](NC)[C@@H]1O)O[C@H](C)C[C@H]3NC(=O)c1cnccn1. The Hall–Kier alpha value is -1.77. The van der Waals surface area contributed by atoms with E-state index in [1.807, 2.05) is 0 Å². The van der Waals surface area contributed by atoms with Gasteiger partial charge in [0, 0.05) is 12.4 Å². The number of fused-ring (bicyclic) bond motifs is 2. The average molecular weight is 439 g/mol. The third-order valence-corrected chi connectivity index (χ3v) is 6.25. The number of hydrogen-bond acceptors (Lipinski definition) is 11. The summed E-state index contributed by atoms with van der Waals surface area (Å²) >= 11 is 0. The van der Waals surface area contributed by atoms with Crippen LogP contribution in [0.15, 0.2) is 18.6 Å². The third-order valence-electron chi connectivity index (χ3n) is 6.25. The Bertz CT molecular complexity index is 788. The second-order valence-corrected chi connectivity index (χ2v) is 8.18. The smallest absolute Gasteiger partial charge is 0.271 e. The van der Waals surface area contributed by atoms with Gasteiger partial charge in [-0.25, -0.2) is 4.98 Å². The van der Waals surface area contributed by atoms with Crippen LogP contribution in [0.5, 0.6) is 0 Å². The van der Waals surface area contributed by atoms with E-state index >= 15 is 0 Å². The summed E-state index contributed by atoms with van der Waals surface area (Å²) in [5.74, 6) is -2.58. The molecule has 1 amide bonds. The minimum absolute atomic E-state index is 0.0878. The Kier molecular flexibility index (Phi) is 6.25. The number of rotatable bonds is 4. The first-order valence-electron chi connectivity index (χ1n) is 10.3. The maximum Gasteiger partial charge on any atom is 0.271 e. The molecule has 3 heterocycles. The number of hydrogen-bond donors (Lipinski definition) is 6. The van der Waals surface area contributed by atoms with Crippen LogP contribution < -0.4 is 16.0 Å². The minimum atomic E-state index is -2.05. The molecule has 10 atom stereocenters. The van der Waals surface area contributed by atoms with Crippen molar-refractivity contribution >= 4 is 5.91 Å². The van der Waals surface area contributed by atoms with Crippen LogP contribution in [0.25, 0.3) is 0 Å². The largest absolute Gasteiger partial charge is 0.390 e. The summed E-state index contributed by atoms with van der Waals surface area (Å²) in [4.78, 5) is 20.5. The molecular weight excluding hydrogens is 410 g/mol. The van der Waals surface area contributed by atoms with Gasteiger partial charge in [-0.05, 0) is 27.4 Å². The van der Waals surface area contributed by atoms with Gasteiger partial charge in [-0.3, -0.25) is 9.78 Å². The number of nitrogens with one attached hydrogen (secondary N) is 3. The van der Waals surface area contributed by atoms with Gasteiger partial charge in [0.2, 0.25) is 12.1 Å². The van der Waals surface area contributed by atoms with Crippen molar-refractivity contribution in [2.45, 2.75) is 74.1 Å². The van der Waals surface area contributed by atoms with Crippen molar-refractivity contribution in [2.24, 2.45) is 0 Å². The van der Waals surface area contributed by atoms with E-state index in [4.69, 9.17) is 14.2 Å². The van der Waals surface area contributed by atoms with Crippen LogP contribution in [0.2, 0.25) is 0 Å². The number of carbonyl (C=O) groups is 1. The Morgan fingerprint density at radius 3 is 2.52 bits per heavy atom. The summed E-state index contributed by atoms with van der Waals surface area (Å²) < 4.78 is 17.8. The molecule has 31 heavy (non-hydrogen) atoms. The first-order valence-corrected chi connectivity index (χ1v) is 10.3. The number of carbonyl (C=O) groups excluding carboxylic acids is 1. The van der Waals surface area contributed by atoms with Gasteiger partial charge in [-0.1, -0.05) is 0 Å². The molecule has 0 spiro atoms. The standard InChI is InChI=1S/C19H29N5O7/c1-8-6-10(24-17(27)9-7-22-4-5-23-9)19(28)18(29-8)30-16-14(26)11(20-2)13(25)12(21-3)15(16)31-19/h4-5,7-8,10-16,18,20-21,25-26,28H,6H2,1-3H3,(H,24,27)/t8-,10-,11-,12?,13+,14+,15?,16?,18?,19+/m1/s1. The molecule has 172 valence electrons. The Balaban J connectivity index is 1.61. The molecule has 1 aromatic rings. The van der Waals surface area contributed by atoms with Crippen molar-refractivity contribution in [1.29, 1.82) is 0 Å². The van der Waals surface area contributed by atoms with Crippen molar-refractivity contribution in [2.75, 3.05) is 14.1 Å². The molecule has 4 unspecified atom stereocenters. The van der Waals surface area contributed by atoms with Crippen LogP contribution in [0.1, 0.15) is 23.8 Å². The van der Waals surface area contributed by atoms with Gasteiger partial charge in [0.15, 0.2) is 0 Å². The summed E-state index contributed by atoms with van der Waals surface area (Å²) in [6, 6.07) is -2.24. The highest BCUT2D eigenvalue weighted by molar-refractivity contribution is 5.92. The molecule has 1 aromatic heterocycles. The van der Waals surface area contributed by atoms with Crippen molar-refractivity contribution in [3.05, 3.63) is 24.3 Å². The van der Waals surface area contributed by atoms with Crippen LogP contribution in [0.3, 0.4) is 0 Å². The molecule has 12 nitrogen and oxygen atoms in total. The Labute approximate surface area is 179 Å². The first-order chi connectivity index (χ1) is 14.8. The second kappa shape index (κ2) is 8.64. The van der Waals surface area contributed by atoms with E-state index < -0.39 is 60.5 Å². The van der Waals surface area contributed by atoms with Gasteiger partial charge in [0.1, 0.15) is 24.0 Å². The molecule has 4 rings (SSSR count). The lowest BCUT2D eigenvalue weighted by Crippen LogP contribution is -2.79. The highest BCUT2D eigenvalue weighted by Crippen LogP contribution is 2.41. The number of likely N-dealkylation sites (N-methyl/N-ethyl adjacent to an activating group) is 2. The first kappa shape index (κ1) is 22.4. The lowest BCUT2D eigenvalue weighted by Gasteiger charge is -2.58. The lowest BCUT2D eigenvalue weighted by molar-refractivity contribution is -0.448. The summed E-state index contributed by atoms with van der Waals surface area (Å²) in [7, 11) is 3.27. The zero-order valence-corrected chi connectivity index (χ0v) is 17.5. The van der Waals surface area contributed by atoms with Crippen LogP contribution in [0, 0.1) is 0 Å². The molecule has 1 saturated carbocycles. The zero-order valence-electron chi connectivity index (χ0n) is 17.5. The quantitative estimate of drug-likeness (QED) is 0.285. The number of aromatic nitrogens is 2. The lowest BCUT2D eigenvalue weighted by atomic mass is 9.79. The highest BCUT2D eigenvalue weighted by Gasteiger charge is 2.63. The minimum Gasteiger partial charge on any atom is -0.390 e. The normalized spacial score (nSPS) is 44.8. The van der Waals surface area contributed by atoms with E-state index in [0.29, 0.717) is 0 Å². The van der Waals surface area contributed by atoms with E-state index in [1.165, 1.54) is 18.6 Å². The molecule has 0 bridgehead atoms. The maximum absolute atomic E-state index is 12.7. The topological polar surface area (TPSA) is 167 Å². The van der Waals surface area contributed by atoms with Crippen molar-refractivity contribution in [3.63, 3.8) is 0 Å². The number of ether oxygens (including phenoxy) is 3. The number of aliphatic hydroxyl groups is 3. The second-order valence-electron chi connectivity index (χ2n) is 8.18. The average Bonchev–Trinajstić information content (AvgIpc) is 2.75. The maximum atomic E-state index is 12.7. The van der Waals surface area contributed by atoms with Crippen LogP contribution in [0.4, 0.5) is 0 Å². The van der Waals surface area contributed by atoms with Gasteiger partial charge < -0.3 is 45.5 Å². The van der Waals surface area contributed by atoms with E-state index in [9.17, 15) is 20.1 Å². The van der Waals surface area contributed by atoms with Gasteiger partial charge >= 0.3 is 0 Å². The summed E-state index contributed by atoms with van der Waals surface area (Å²) in [6.07, 6.45) is -1.16. The van der Waals surface area contributed by atoms with E-state index in [1.54, 1.807) is 21.0 Å². The van der Waals surface area contributed by atoms with E-state index in [-0.39, 0.29) is 18.2 Å². The summed E-state index contributed by atoms with van der Waals surface area (Å²) in [5.41, 5.74) is 0.0878. The zero-order chi connectivity index (χ0) is 22.3. The fraction of sp³-hybridized carbons (Fsp3) is 0.737. The Morgan fingerprint density at radius 2 is 1.87 bits per heavy atom. The van der Waals surface area contributed by atoms with Gasteiger partial charge in [0.05, 0.1) is 36.5 Å². The fourth-order valence-electron chi connectivity index (χ4n) is 4.67. The van der Waals surface area contributed by atoms with E-state index in [0.717, 1.165) is 0 Å². The molecule has 6 N–H and O–H groups in total. The van der Waals surface area contributed by atoms with Gasteiger partial charge in [-0.2, -0.15) is 0 Å². The molecule has 3 fully saturated rings. The molecule has 1 aliphatic carbocycles. The van der Waals surface area contributed by atoms with Crippen LogP contribution in [-0.2, 0) is 14.2 Å². The Morgan fingerprint density at radius 1 is 1.13 bits per heavy atom. The van der Waals surface area contributed by atoms with Gasteiger partial charge in [-0.15, -0.1) is 0 Å². The van der Waals surface area contributed by atoms with E-state index in [2.05, 4.69) is 25.9 Å². The predicted octanol–water partition coefficient (Wildman–Crippen LogP) is -2.91. The molecular formula is C19H29N5O7. The molecule has 2 aliphatic heterocycles. The fourth-order valence-corrected chi connectivity index (χ4v) is 4.67. The van der Waals surface area contributed by atoms with Crippen LogP contribution >= 0.6 is 0 Å². The van der Waals surface area contributed by atoms with Crippen LogP contribution in [-0.4, -0.2) is 106 Å². The molecule has 0 radical (unpaired) electrons.